The lowest BCUT2D eigenvalue weighted by molar-refractivity contribution is -0.137. The Bertz CT molecular complexity index is 1860. The van der Waals surface area contributed by atoms with Gasteiger partial charge in [0.1, 0.15) is 0 Å². The molecule has 222 valence electrons. The lowest BCUT2D eigenvalue weighted by atomic mass is 9.98. The number of H-pyrrole nitrogens is 2. The number of hydrogen-bond acceptors (Lipinski definition) is 4. The molecule has 9 heteroatoms. The number of carboxylic acid groups (broad SMARTS) is 2. The van der Waals surface area contributed by atoms with Gasteiger partial charge in [-0.1, -0.05) is 13.8 Å². The fourth-order valence-electron chi connectivity index (χ4n) is 6.22. The van der Waals surface area contributed by atoms with Gasteiger partial charge in [0.15, 0.2) is 0 Å². The molecule has 2 aliphatic heterocycles. The molecule has 0 amide bonds. The summed E-state index contributed by atoms with van der Waals surface area (Å²) in [5, 5.41) is 18.9. The molecule has 4 N–H and O–H groups in total. The third-order valence-corrected chi connectivity index (χ3v) is 8.69. The summed E-state index contributed by atoms with van der Waals surface area (Å²) in [6, 6.07) is 8.19. The first-order valence-corrected chi connectivity index (χ1v) is 14.6. The quantitative estimate of drug-likeness (QED) is 0.203. The zero-order valence-corrected chi connectivity index (χ0v) is 26.7. The van der Waals surface area contributed by atoms with Crippen LogP contribution in [0.15, 0.2) is 24.3 Å². The number of aromatic nitrogens is 4. The summed E-state index contributed by atoms with van der Waals surface area (Å²) in [7, 11) is 0. The molecule has 5 rings (SSSR count). The van der Waals surface area contributed by atoms with Crippen LogP contribution in [-0.2, 0) is 22.4 Å². The van der Waals surface area contributed by atoms with Gasteiger partial charge in [0.25, 0.3) is 0 Å². The molecular weight excluding hydrogens is 556 g/mol. The van der Waals surface area contributed by atoms with E-state index in [9.17, 15) is 19.8 Å². The predicted octanol–water partition coefficient (Wildman–Crippen LogP) is 7.27. The monoisotopic (exact) mass is 594 g/mol. The Morgan fingerprint density at radius 1 is 0.628 bits per heavy atom. The standard InChI is InChI=1S/C34H38N4O4.Si/c1-7-21-17(3)25-13-26-19(5)23(9-11-33(39)40)31(37-26)16-32-24(10-12-34(41)42)20(6)28(38-32)15-30-22(8-2)18(4)27(36-30)14-29(21)35-25;/h13-16,35-36H,7-12H2,1-6H3,(H,39,40)(H,41,42);. The normalized spacial score (nSPS) is 13.0. The molecule has 8 bridgehead atoms. The van der Waals surface area contributed by atoms with Crippen molar-refractivity contribution in [3.8, 4) is 0 Å². The molecule has 8 nitrogen and oxygen atoms in total. The minimum Gasteiger partial charge on any atom is -0.481 e. The molecule has 0 atom stereocenters. The number of carboxylic acids is 2. The Hall–Kier alpha value is -4.24. The molecule has 0 saturated heterocycles. The van der Waals surface area contributed by atoms with Gasteiger partial charge in [-0.2, -0.15) is 0 Å². The second kappa shape index (κ2) is 12.5. The van der Waals surface area contributed by atoms with Gasteiger partial charge in [0, 0.05) is 45.9 Å². The van der Waals surface area contributed by atoms with E-state index < -0.39 is 11.9 Å². The molecule has 4 radical (unpaired) electrons. The van der Waals surface area contributed by atoms with Gasteiger partial charge in [-0.3, -0.25) is 9.59 Å². The summed E-state index contributed by atoms with van der Waals surface area (Å²) in [5.74, 6) is -1.74. The molecule has 43 heavy (non-hydrogen) atoms. The van der Waals surface area contributed by atoms with Crippen LogP contribution in [0.4, 0.5) is 0 Å². The van der Waals surface area contributed by atoms with Crippen LogP contribution in [-0.4, -0.2) is 53.1 Å². The molecule has 0 aromatic carbocycles. The summed E-state index contributed by atoms with van der Waals surface area (Å²) in [6.07, 6.45) is 2.37. The minimum absolute atomic E-state index is 0. The second-order valence-corrected chi connectivity index (χ2v) is 11.2. The van der Waals surface area contributed by atoms with Crippen LogP contribution in [0.1, 0.15) is 98.4 Å². The Morgan fingerprint density at radius 2 is 1.02 bits per heavy atom. The Labute approximate surface area is 256 Å². The minimum atomic E-state index is -0.869. The summed E-state index contributed by atoms with van der Waals surface area (Å²) in [5.41, 5.74) is 15.4. The molecule has 0 saturated carbocycles. The highest BCUT2D eigenvalue weighted by atomic mass is 28.1. The van der Waals surface area contributed by atoms with E-state index in [-0.39, 0.29) is 23.8 Å². The zero-order valence-electron chi connectivity index (χ0n) is 25.7. The summed E-state index contributed by atoms with van der Waals surface area (Å²) < 4.78 is 0. The van der Waals surface area contributed by atoms with Crippen LogP contribution in [0.25, 0.3) is 44.4 Å². The van der Waals surface area contributed by atoms with E-state index in [1.165, 1.54) is 16.7 Å². The van der Waals surface area contributed by atoms with E-state index >= 15 is 0 Å². The number of nitrogens with zero attached hydrogens (tertiary/aromatic N) is 2. The number of aromatic amines is 2. The highest BCUT2D eigenvalue weighted by molar-refractivity contribution is 5.96. The lowest BCUT2D eigenvalue weighted by Crippen LogP contribution is -1.97. The van der Waals surface area contributed by atoms with Crippen molar-refractivity contribution < 1.29 is 19.8 Å². The molecule has 0 unspecified atom stereocenters. The Kier molecular flexibility index (Phi) is 9.25. The molecule has 3 aromatic rings. The van der Waals surface area contributed by atoms with Gasteiger partial charge in [-0.05, 0) is 122 Å². The van der Waals surface area contributed by atoms with Gasteiger partial charge in [0.05, 0.1) is 22.8 Å². The summed E-state index contributed by atoms with van der Waals surface area (Å²) >= 11 is 0. The van der Waals surface area contributed by atoms with Crippen LogP contribution in [0.2, 0.25) is 0 Å². The SMILES string of the molecule is CCc1c(C)c2cc3[nH]c(cc4nc(cc5nc(cc1[nH]2)C(C)=C5CCC(=O)O)C(CCC(=O)O)=C4C)c(C)c3CC.[Si]. The summed E-state index contributed by atoms with van der Waals surface area (Å²) in [4.78, 5) is 40.3. The number of aliphatic carboxylic acids is 2. The largest absolute Gasteiger partial charge is 0.481 e. The average Bonchev–Trinajstić information content (AvgIpc) is 3.59. The van der Waals surface area contributed by atoms with Crippen molar-refractivity contribution >= 4 is 67.3 Å². The lowest BCUT2D eigenvalue weighted by Gasteiger charge is -2.05. The number of hydrogen-bond donors (Lipinski definition) is 4. The van der Waals surface area contributed by atoms with Gasteiger partial charge < -0.3 is 20.2 Å². The number of nitrogens with one attached hydrogen (secondary N) is 2. The fraction of sp³-hybridized carbons (Fsp3) is 0.353. The Morgan fingerprint density at radius 3 is 1.44 bits per heavy atom. The topological polar surface area (TPSA) is 132 Å². The van der Waals surface area contributed by atoms with Crippen molar-refractivity contribution in [3.63, 3.8) is 0 Å². The Balaban J connectivity index is 0.00000423. The maximum atomic E-state index is 11.5. The number of aryl methyl sites for hydroxylation is 4. The molecule has 0 fully saturated rings. The first-order chi connectivity index (χ1) is 20.0. The van der Waals surface area contributed by atoms with Crippen molar-refractivity contribution in [1.82, 2.24) is 19.9 Å². The van der Waals surface area contributed by atoms with Crippen molar-refractivity contribution in [2.24, 2.45) is 0 Å². The molecule has 5 heterocycles. The van der Waals surface area contributed by atoms with E-state index in [0.717, 1.165) is 74.2 Å². The predicted molar refractivity (Wildman–Crippen MR) is 174 cm³/mol. The third-order valence-electron chi connectivity index (χ3n) is 8.69. The second-order valence-electron chi connectivity index (χ2n) is 11.2. The van der Waals surface area contributed by atoms with E-state index in [1.54, 1.807) is 0 Å². The first-order valence-electron chi connectivity index (χ1n) is 14.6. The van der Waals surface area contributed by atoms with E-state index in [1.807, 2.05) is 26.0 Å². The van der Waals surface area contributed by atoms with Gasteiger partial charge in [-0.15, -0.1) is 0 Å². The van der Waals surface area contributed by atoms with E-state index in [0.29, 0.717) is 24.2 Å². The molecule has 0 aliphatic carbocycles. The summed E-state index contributed by atoms with van der Waals surface area (Å²) in [6.45, 7) is 12.5. The fourth-order valence-corrected chi connectivity index (χ4v) is 6.22. The van der Waals surface area contributed by atoms with Crippen molar-refractivity contribution in [3.05, 3.63) is 69.3 Å². The maximum absolute atomic E-state index is 11.5. The maximum Gasteiger partial charge on any atom is 0.303 e. The molecule has 2 aliphatic rings. The average molecular weight is 595 g/mol. The van der Waals surface area contributed by atoms with Crippen LogP contribution in [0.3, 0.4) is 0 Å². The number of fused-ring (bicyclic) bond motifs is 8. The van der Waals surface area contributed by atoms with Crippen molar-refractivity contribution in [2.45, 2.75) is 80.1 Å². The van der Waals surface area contributed by atoms with E-state index in [2.05, 4.69) is 49.8 Å². The van der Waals surface area contributed by atoms with E-state index in [4.69, 9.17) is 9.97 Å². The molecule has 0 spiro atoms. The van der Waals surface area contributed by atoms with Gasteiger partial charge >= 0.3 is 11.9 Å². The molecular formula is C34H38N4O4Si. The number of carbonyl (C=O) groups is 2. The first kappa shape index (κ1) is 31.7. The van der Waals surface area contributed by atoms with Crippen molar-refractivity contribution in [2.75, 3.05) is 0 Å². The number of rotatable bonds is 8. The highest BCUT2D eigenvalue weighted by Gasteiger charge is 2.22. The van der Waals surface area contributed by atoms with Gasteiger partial charge in [-0.25, -0.2) is 9.97 Å². The van der Waals surface area contributed by atoms with Crippen molar-refractivity contribution in [1.29, 1.82) is 0 Å². The smallest absolute Gasteiger partial charge is 0.303 e. The van der Waals surface area contributed by atoms with Crippen LogP contribution in [0.5, 0.6) is 0 Å². The van der Waals surface area contributed by atoms with Crippen LogP contribution in [0, 0.1) is 13.8 Å². The molecule has 3 aromatic heterocycles. The number of allylic oxidation sites excluding steroid dienone is 4. The third kappa shape index (κ3) is 5.99. The zero-order chi connectivity index (χ0) is 30.3. The highest BCUT2D eigenvalue weighted by Crippen LogP contribution is 2.38. The van der Waals surface area contributed by atoms with Gasteiger partial charge in [0.2, 0.25) is 0 Å². The van der Waals surface area contributed by atoms with Crippen LogP contribution >= 0.6 is 0 Å². The van der Waals surface area contributed by atoms with Crippen LogP contribution < -0.4 is 0 Å².